The predicted octanol–water partition coefficient (Wildman–Crippen LogP) is 23.6. The second-order valence-corrected chi connectivity index (χ2v) is 31.6. The minimum absolute atomic E-state index is 0. The van der Waals surface area contributed by atoms with Crippen LogP contribution in [0.1, 0.15) is 146 Å². The summed E-state index contributed by atoms with van der Waals surface area (Å²) in [6.45, 7) is 27.1. The van der Waals surface area contributed by atoms with E-state index in [1.54, 1.807) is 0 Å². The first-order valence-corrected chi connectivity index (χ1v) is 40.2. The van der Waals surface area contributed by atoms with Crippen LogP contribution in [0, 0.1) is 55.4 Å². The summed E-state index contributed by atoms with van der Waals surface area (Å²) >= 11 is 7.46. The number of nitrogens with zero attached hydrogens (tertiary/aromatic N) is 1. The van der Waals surface area contributed by atoms with E-state index in [4.69, 9.17) is 11.6 Å². The Balaban J connectivity index is 0.000000222. The normalized spacial score (nSPS) is 10.3. The van der Waals surface area contributed by atoms with Crippen molar-refractivity contribution in [1.82, 2.24) is 4.98 Å². The average molecular weight is 1680 g/mol. The number of unbranched alkanes of at least 4 members (excludes halogenated alkanes) is 2. The molecular weight excluding hydrogens is 1580 g/mol. The van der Waals surface area contributed by atoms with Crippen LogP contribution < -0.4 is 20.4 Å². The summed E-state index contributed by atoms with van der Waals surface area (Å²) in [5.41, 5.74) is 23.7. The van der Waals surface area contributed by atoms with Gasteiger partial charge in [0.25, 0.3) is 0 Å². The van der Waals surface area contributed by atoms with Crippen molar-refractivity contribution in [1.29, 1.82) is 0 Å². The van der Waals surface area contributed by atoms with Crippen LogP contribution in [-0.4, -0.2) is 33.6 Å². The molecule has 118 heavy (non-hydrogen) atoms. The standard InChI is InChI=1S/4C21H18O2.C10H15NS.C6H5Cl.C5H12.2Fe/c4*1-14-6-10-16(11-7-14)18-4-3-5-19(20(18)21(22)23)17-12-8-15(2)9-13-17;1-10(2,3)12-8-9-6-4-5-7-11-9;7-6-4-2-1-3-5-6;1-3-5-4-2;;/h4*3-13H,1-2H3,(H,22,23);4-7H,8H2,1-3H3;1-5H;3-5H2,1-2H3;;/q;;;;;;;2*+2/p-4. The largest absolute Gasteiger partial charge is 2.00 e. The van der Waals surface area contributed by atoms with Crippen molar-refractivity contribution >= 4 is 47.2 Å². The molecule has 13 aromatic carbocycles. The summed E-state index contributed by atoms with van der Waals surface area (Å²) in [4.78, 5) is 51.5. The summed E-state index contributed by atoms with van der Waals surface area (Å²) in [5, 5.41) is 48.0. The molecule has 0 fully saturated rings. The van der Waals surface area contributed by atoms with Gasteiger partial charge in [-0.05, 0) is 169 Å². The number of rotatable bonds is 16. The van der Waals surface area contributed by atoms with Gasteiger partial charge in [-0.1, -0.05) is 401 Å². The molecule has 0 amide bonds. The first-order valence-electron chi connectivity index (χ1n) is 38.8. The Morgan fingerprint density at radius 3 is 0.619 bits per heavy atom. The van der Waals surface area contributed by atoms with Crippen LogP contribution in [0.4, 0.5) is 0 Å². The number of aromatic nitrogens is 1. The number of aryl methyl sites for hydroxylation is 8. The van der Waals surface area contributed by atoms with Crippen molar-refractivity contribution in [3.8, 4) is 89.0 Å². The molecule has 0 saturated heterocycles. The number of halogens is 1. The molecule has 0 spiro atoms. The molecule has 0 aliphatic heterocycles. The first-order chi connectivity index (χ1) is 55.6. The number of hydrogen-bond donors (Lipinski definition) is 0. The minimum Gasteiger partial charge on any atom is -0.545 e. The van der Waals surface area contributed by atoms with E-state index in [1.165, 1.54) is 19.3 Å². The number of hydrogen-bond acceptors (Lipinski definition) is 10. The third-order valence-corrected chi connectivity index (χ3v) is 20.4. The molecule has 0 aliphatic rings. The van der Waals surface area contributed by atoms with Gasteiger partial charge >= 0.3 is 34.1 Å². The number of carbonyl (C=O) groups is 4. The number of pyridine rings is 1. The summed E-state index contributed by atoms with van der Waals surface area (Å²) in [7, 11) is 0. The number of benzene rings is 13. The van der Waals surface area contributed by atoms with Crippen molar-refractivity contribution in [3.05, 3.63) is 399 Å². The van der Waals surface area contributed by atoms with E-state index >= 15 is 0 Å². The zero-order valence-corrected chi connectivity index (χ0v) is 72.9. The predicted molar refractivity (Wildman–Crippen MR) is 476 cm³/mol. The number of thioether (sulfide) groups is 1. The van der Waals surface area contributed by atoms with Gasteiger partial charge in [0.15, 0.2) is 0 Å². The Morgan fingerprint density at radius 1 is 0.288 bits per heavy atom. The van der Waals surface area contributed by atoms with Gasteiger partial charge in [0.1, 0.15) is 0 Å². The molecule has 0 bridgehead atoms. The Labute approximate surface area is 728 Å². The van der Waals surface area contributed by atoms with Crippen LogP contribution in [0.15, 0.2) is 322 Å². The summed E-state index contributed by atoms with van der Waals surface area (Å²) in [5.74, 6) is -3.62. The van der Waals surface area contributed by atoms with E-state index in [1.807, 2.05) is 383 Å². The van der Waals surface area contributed by atoms with E-state index in [2.05, 4.69) is 45.7 Å². The molecule has 1 aromatic heterocycles. The number of aromatic carboxylic acids is 4. The molecule has 9 nitrogen and oxygen atoms in total. The Morgan fingerprint density at radius 2 is 0.483 bits per heavy atom. The SMILES string of the molecule is CC(C)(C)SCc1ccccn1.CCCCC.Cc1ccc(-c2cccc(-c3ccc(C)cc3)c2C(=O)[O-])cc1.Cc1ccc(-c2cccc(-c3ccc(C)cc3)c2C(=O)[O-])cc1.Cc1ccc(-c2cccc(-c3ccc(C)cc3)c2C(=O)[O-])cc1.Cc1ccc(-c2cccc(-c3ccc(C)cc3)c2C(=O)[O-])cc1.Clc1ccccc1.[Fe+2].[Fe+2]. The van der Waals surface area contributed by atoms with Crippen LogP contribution in [-0.2, 0) is 39.9 Å². The molecule has 0 saturated carbocycles. The van der Waals surface area contributed by atoms with Gasteiger partial charge < -0.3 is 39.6 Å². The van der Waals surface area contributed by atoms with E-state index in [0.717, 1.165) is 105 Å². The van der Waals surface area contributed by atoms with Crippen LogP contribution in [0.5, 0.6) is 0 Å². The van der Waals surface area contributed by atoms with Gasteiger partial charge in [-0.3, -0.25) is 4.98 Å². The molecule has 0 atom stereocenters. The third kappa shape index (κ3) is 29.0. The van der Waals surface area contributed by atoms with Gasteiger partial charge in [-0.2, -0.15) is 0 Å². The summed E-state index contributed by atoms with van der Waals surface area (Å²) in [6, 6.07) is 100. The number of carboxylic acids is 4. The van der Waals surface area contributed by atoms with E-state index in [9.17, 15) is 39.6 Å². The molecule has 0 N–H and O–H groups in total. The molecule has 0 aliphatic carbocycles. The topological polar surface area (TPSA) is 173 Å². The Hall–Kier alpha value is -11.4. The fraction of sp³-hybridized carbons (Fsp3) is 0.171. The van der Waals surface area contributed by atoms with Gasteiger partial charge in [-0.25, -0.2) is 0 Å². The zero-order chi connectivity index (χ0) is 83.8. The van der Waals surface area contributed by atoms with Crippen molar-refractivity contribution in [3.63, 3.8) is 0 Å². The van der Waals surface area contributed by atoms with Crippen LogP contribution in [0.2, 0.25) is 5.02 Å². The first kappa shape index (κ1) is 95.4. The molecule has 13 heteroatoms. The smallest absolute Gasteiger partial charge is 0.545 e. The monoisotopic (exact) mass is 1680 g/mol. The number of carbonyl (C=O) groups excluding carboxylic acids is 4. The molecule has 602 valence electrons. The third-order valence-electron chi connectivity index (χ3n) is 18.8. The van der Waals surface area contributed by atoms with E-state index in [-0.39, 0.29) is 56.4 Å². The van der Waals surface area contributed by atoms with Gasteiger partial charge in [0.05, 0.1) is 29.6 Å². The quantitative estimate of drug-likeness (QED) is 0.0847. The second kappa shape index (κ2) is 47.7. The fourth-order valence-electron chi connectivity index (χ4n) is 12.4. The summed E-state index contributed by atoms with van der Waals surface area (Å²) < 4.78 is 0.331. The summed E-state index contributed by atoms with van der Waals surface area (Å²) in [6.07, 6.45) is 5.92. The average Bonchev–Trinajstić information content (AvgIpc) is 0.807. The molecular formula is C105H100ClFe2NO8S. The number of carboxylic acid groups (broad SMARTS) is 4. The Bertz CT molecular complexity index is 4640. The molecule has 0 unspecified atom stereocenters. The maximum atomic E-state index is 11.8. The molecule has 1 heterocycles. The molecule has 14 aromatic rings. The maximum absolute atomic E-state index is 11.8. The van der Waals surface area contributed by atoms with Crippen LogP contribution in [0.25, 0.3) is 89.0 Å². The van der Waals surface area contributed by atoms with Crippen molar-refractivity contribution < 1.29 is 73.7 Å². The molecule has 0 radical (unpaired) electrons. The van der Waals surface area contributed by atoms with Crippen LogP contribution >= 0.6 is 23.4 Å². The van der Waals surface area contributed by atoms with E-state index in [0.29, 0.717) is 49.3 Å². The second-order valence-electron chi connectivity index (χ2n) is 29.4. The molecule has 14 rings (SSSR count). The zero-order valence-electron chi connectivity index (χ0n) is 69.1. The van der Waals surface area contributed by atoms with Crippen molar-refractivity contribution in [2.75, 3.05) is 0 Å². The van der Waals surface area contributed by atoms with E-state index < -0.39 is 23.9 Å². The fourth-order valence-corrected chi connectivity index (χ4v) is 13.3. The maximum Gasteiger partial charge on any atom is 2.00 e. The van der Waals surface area contributed by atoms with Crippen molar-refractivity contribution in [2.45, 2.75) is 120 Å². The minimum atomic E-state index is -1.16. The van der Waals surface area contributed by atoms with Crippen LogP contribution in [0.3, 0.4) is 0 Å². The van der Waals surface area contributed by atoms with Crippen molar-refractivity contribution in [2.24, 2.45) is 0 Å². The Kier molecular flexibility index (Phi) is 38.6. The van der Waals surface area contributed by atoms with Gasteiger partial charge in [-0.15, -0.1) is 11.8 Å². The van der Waals surface area contributed by atoms with Gasteiger partial charge in [0.2, 0.25) is 0 Å². The van der Waals surface area contributed by atoms with Gasteiger partial charge in [0, 0.05) is 44.0 Å².